The largest absolute Gasteiger partial charge is 0.314 e. The Morgan fingerprint density at radius 2 is 1.64 bits per heavy atom. The maximum Gasteiger partial charge on any atom is 0.237 e. The average Bonchev–Trinajstić information content (AvgIpc) is 3.02. The molecule has 4 rings (SSSR count). The van der Waals surface area contributed by atoms with Gasteiger partial charge < -0.3 is 4.90 Å². The van der Waals surface area contributed by atoms with Crippen LogP contribution in [-0.2, 0) is 23.1 Å². The first-order valence-electron chi connectivity index (χ1n) is 8.04. The summed E-state index contributed by atoms with van der Waals surface area (Å²) in [6.45, 7) is 2.13. The van der Waals surface area contributed by atoms with Crippen LogP contribution in [0.25, 0.3) is 0 Å². The highest BCUT2D eigenvalue weighted by Gasteiger charge is 2.47. The van der Waals surface area contributed by atoms with E-state index in [0.29, 0.717) is 5.92 Å². The van der Waals surface area contributed by atoms with Crippen molar-refractivity contribution in [3.05, 3.63) is 65.2 Å². The molecule has 2 aromatic carbocycles. The van der Waals surface area contributed by atoms with Crippen molar-refractivity contribution in [1.29, 1.82) is 0 Å². The van der Waals surface area contributed by atoms with Crippen LogP contribution in [0.2, 0.25) is 0 Å². The molecule has 0 N–H and O–H groups in total. The summed E-state index contributed by atoms with van der Waals surface area (Å²) < 4.78 is 0. The quantitative estimate of drug-likeness (QED) is 0.825. The maximum atomic E-state index is 12.9. The van der Waals surface area contributed by atoms with Crippen LogP contribution in [0.15, 0.2) is 48.5 Å². The van der Waals surface area contributed by atoms with Gasteiger partial charge in [0.1, 0.15) is 0 Å². The summed E-state index contributed by atoms with van der Waals surface area (Å²) in [5, 5.41) is 0. The van der Waals surface area contributed by atoms with Crippen LogP contribution in [0.5, 0.6) is 0 Å². The van der Waals surface area contributed by atoms with Crippen molar-refractivity contribution in [2.45, 2.75) is 31.6 Å². The SMILES string of the molecule is CN1C(=O)C(C)(CC2Cc3ccccc3C2)c2ccccc21. The number of carbonyl (C=O) groups excluding carboxylic acids is 1. The molecule has 2 aliphatic rings. The van der Waals surface area contributed by atoms with Gasteiger partial charge in [0.05, 0.1) is 5.41 Å². The molecule has 0 radical (unpaired) electrons. The Balaban J connectivity index is 1.65. The van der Waals surface area contributed by atoms with Crippen LogP contribution in [-0.4, -0.2) is 13.0 Å². The Labute approximate surface area is 131 Å². The van der Waals surface area contributed by atoms with Gasteiger partial charge in [0.2, 0.25) is 5.91 Å². The predicted octanol–water partition coefficient (Wildman–Crippen LogP) is 3.73. The first-order valence-corrected chi connectivity index (χ1v) is 8.04. The minimum Gasteiger partial charge on any atom is -0.314 e. The van der Waals surface area contributed by atoms with Gasteiger partial charge in [0.25, 0.3) is 0 Å². The number of anilines is 1. The summed E-state index contributed by atoms with van der Waals surface area (Å²) in [4.78, 5) is 14.7. The molecule has 1 atom stereocenters. The molecule has 1 aliphatic heterocycles. The smallest absolute Gasteiger partial charge is 0.237 e. The number of hydrogen-bond acceptors (Lipinski definition) is 1. The normalized spacial score (nSPS) is 23.7. The second kappa shape index (κ2) is 4.70. The highest BCUT2D eigenvalue weighted by molar-refractivity contribution is 6.07. The third-order valence-electron chi connectivity index (χ3n) is 5.47. The molecule has 2 heteroatoms. The van der Waals surface area contributed by atoms with E-state index < -0.39 is 0 Å². The van der Waals surface area contributed by atoms with Crippen molar-refractivity contribution < 1.29 is 4.79 Å². The molecule has 0 aromatic heterocycles. The zero-order valence-corrected chi connectivity index (χ0v) is 13.2. The van der Waals surface area contributed by atoms with Crippen LogP contribution in [0.3, 0.4) is 0 Å². The lowest BCUT2D eigenvalue weighted by Gasteiger charge is -2.26. The number of rotatable bonds is 2. The van der Waals surface area contributed by atoms with Crippen molar-refractivity contribution >= 4 is 11.6 Å². The number of carbonyl (C=O) groups is 1. The number of likely N-dealkylation sites (N-methyl/N-ethyl adjacent to an activating group) is 1. The molecule has 112 valence electrons. The second-order valence-corrected chi connectivity index (χ2v) is 6.96. The van der Waals surface area contributed by atoms with Gasteiger partial charge in [-0.25, -0.2) is 0 Å². The number of para-hydroxylation sites is 1. The van der Waals surface area contributed by atoms with Gasteiger partial charge in [-0.1, -0.05) is 42.5 Å². The van der Waals surface area contributed by atoms with E-state index in [1.54, 1.807) is 0 Å². The van der Waals surface area contributed by atoms with E-state index >= 15 is 0 Å². The lowest BCUT2D eigenvalue weighted by molar-refractivity contribution is -0.122. The van der Waals surface area contributed by atoms with Crippen molar-refractivity contribution in [1.82, 2.24) is 0 Å². The van der Waals surface area contributed by atoms with Crippen LogP contribution < -0.4 is 4.90 Å². The monoisotopic (exact) mass is 291 g/mol. The van der Waals surface area contributed by atoms with Crippen LogP contribution in [0.4, 0.5) is 5.69 Å². The molecule has 22 heavy (non-hydrogen) atoms. The Hall–Kier alpha value is -2.09. The van der Waals surface area contributed by atoms with Gasteiger partial charge in [-0.05, 0) is 54.9 Å². The molecule has 0 saturated heterocycles. The number of hydrogen-bond donors (Lipinski definition) is 0. The van der Waals surface area contributed by atoms with Gasteiger partial charge in [-0.15, -0.1) is 0 Å². The zero-order chi connectivity index (χ0) is 15.3. The standard InChI is InChI=1S/C20H21NO/c1-20(13-14-11-15-7-3-4-8-16(15)12-14)17-9-5-6-10-18(17)21(2)19(20)22/h3-10,14H,11-13H2,1-2H3. The Morgan fingerprint density at radius 3 is 2.32 bits per heavy atom. The molecular formula is C20H21NO. The number of amides is 1. The van der Waals surface area contributed by atoms with Gasteiger partial charge in [0.15, 0.2) is 0 Å². The molecule has 0 fully saturated rings. The lowest BCUT2D eigenvalue weighted by Crippen LogP contribution is -2.37. The summed E-state index contributed by atoms with van der Waals surface area (Å²) >= 11 is 0. The van der Waals surface area contributed by atoms with Gasteiger partial charge >= 0.3 is 0 Å². The summed E-state index contributed by atoms with van der Waals surface area (Å²) in [6, 6.07) is 16.9. The first-order chi connectivity index (χ1) is 10.6. The molecule has 1 amide bonds. The molecule has 1 unspecified atom stereocenters. The first kappa shape index (κ1) is 13.6. The average molecular weight is 291 g/mol. The third-order valence-corrected chi connectivity index (χ3v) is 5.47. The highest BCUT2D eigenvalue weighted by Crippen LogP contribution is 2.46. The minimum atomic E-state index is -0.377. The van der Waals surface area contributed by atoms with Crippen LogP contribution >= 0.6 is 0 Å². The van der Waals surface area contributed by atoms with Crippen LogP contribution in [0, 0.1) is 5.92 Å². The zero-order valence-electron chi connectivity index (χ0n) is 13.2. The second-order valence-electron chi connectivity index (χ2n) is 6.96. The van der Waals surface area contributed by atoms with Gasteiger partial charge in [-0.2, -0.15) is 0 Å². The molecule has 2 nitrogen and oxygen atoms in total. The molecular weight excluding hydrogens is 270 g/mol. The summed E-state index contributed by atoms with van der Waals surface area (Å²) in [5.74, 6) is 0.801. The maximum absolute atomic E-state index is 12.9. The molecule has 0 spiro atoms. The number of fused-ring (bicyclic) bond motifs is 2. The molecule has 0 bridgehead atoms. The Morgan fingerprint density at radius 1 is 1.05 bits per heavy atom. The van der Waals surface area contributed by atoms with Gasteiger partial charge in [-0.3, -0.25) is 4.79 Å². The minimum absolute atomic E-state index is 0.240. The van der Waals surface area contributed by atoms with E-state index in [4.69, 9.17) is 0 Å². The number of benzene rings is 2. The fraction of sp³-hybridized carbons (Fsp3) is 0.350. The topological polar surface area (TPSA) is 20.3 Å². The Bertz CT molecular complexity index is 726. The molecule has 2 aromatic rings. The predicted molar refractivity (Wildman–Crippen MR) is 89.2 cm³/mol. The van der Waals surface area contributed by atoms with Crippen LogP contribution in [0.1, 0.15) is 30.0 Å². The fourth-order valence-electron chi connectivity index (χ4n) is 4.40. The lowest BCUT2D eigenvalue weighted by atomic mass is 9.75. The van der Waals surface area contributed by atoms with E-state index in [0.717, 1.165) is 24.9 Å². The summed E-state index contributed by atoms with van der Waals surface area (Å²) in [5.41, 5.74) is 4.81. The third kappa shape index (κ3) is 1.83. The summed E-state index contributed by atoms with van der Waals surface area (Å²) in [6.07, 6.45) is 3.14. The molecule has 1 heterocycles. The van der Waals surface area contributed by atoms with Crippen molar-refractivity contribution in [2.24, 2.45) is 5.92 Å². The van der Waals surface area contributed by atoms with E-state index in [1.165, 1.54) is 16.7 Å². The van der Waals surface area contributed by atoms with Crippen molar-refractivity contribution in [2.75, 3.05) is 11.9 Å². The fourth-order valence-corrected chi connectivity index (χ4v) is 4.40. The van der Waals surface area contributed by atoms with Crippen molar-refractivity contribution in [3.8, 4) is 0 Å². The van der Waals surface area contributed by atoms with E-state index in [2.05, 4.69) is 43.3 Å². The van der Waals surface area contributed by atoms with E-state index in [-0.39, 0.29) is 11.3 Å². The van der Waals surface area contributed by atoms with Crippen molar-refractivity contribution in [3.63, 3.8) is 0 Å². The summed E-state index contributed by atoms with van der Waals surface area (Å²) in [7, 11) is 1.90. The van der Waals surface area contributed by atoms with Gasteiger partial charge in [0, 0.05) is 12.7 Å². The molecule has 0 saturated carbocycles. The van der Waals surface area contributed by atoms with E-state index in [1.807, 2.05) is 24.1 Å². The Kier molecular flexibility index (Phi) is 2.90. The number of nitrogens with zero attached hydrogens (tertiary/aromatic N) is 1. The van der Waals surface area contributed by atoms with E-state index in [9.17, 15) is 4.79 Å². The molecule has 1 aliphatic carbocycles. The highest BCUT2D eigenvalue weighted by atomic mass is 16.2.